The fourth-order valence-electron chi connectivity index (χ4n) is 3.54. The van der Waals surface area contributed by atoms with Crippen LogP contribution in [0.3, 0.4) is 0 Å². The zero-order valence-electron chi connectivity index (χ0n) is 15.9. The van der Waals surface area contributed by atoms with Gasteiger partial charge in [-0.1, -0.05) is 48.5 Å². The van der Waals surface area contributed by atoms with Crippen LogP contribution in [0.1, 0.15) is 6.92 Å². The van der Waals surface area contributed by atoms with Gasteiger partial charge in [0.15, 0.2) is 5.13 Å². The fraction of sp³-hybridized carbons (Fsp3) is 0.273. The van der Waals surface area contributed by atoms with E-state index < -0.39 is 0 Å². The molecule has 1 atom stereocenters. The van der Waals surface area contributed by atoms with Gasteiger partial charge in [-0.25, -0.2) is 4.98 Å². The molecule has 3 aromatic rings. The summed E-state index contributed by atoms with van der Waals surface area (Å²) in [6.45, 7) is 5.49. The smallest absolute Gasteiger partial charge is 0.241 e. The molecule has 1 aliphatic heterocycles. The molecule has 0 saturated carbocycles. The first-order valence-electron chi connectivity index (χ1n) is 9.56. The number of rotatable bonds is 5. The number of benzene rings is 2. The second-order valence-corrected chi connectivity index (χ2v) is 7.79. The molecular formula is C22H24N4OS. The number of aromatic nitrogens is 1. The lowest BCUT2D eigenvalue weighted by Crippen LogP contribution is -2.52. The van der Waals surface area contributed by atoms with Crippen molar-refractivity contribution in [1.29, 1.82) is 0 Å². The van der Waals surface area contributed by atoms with E-state index in [0.717, 1.165) is 48.1 Å². The molecule has 1 saturated heterocycles. The van der Waals surface area contributed by atoms with E-state index in [-0.39, 0.29) is 11.9 Å². The Morgan fingerprint density at radius 2 is 1.75 bits per heavy atom. The van der Waals surface area contributed by atoms with E-state index in [4.69, 9.17) is 0 Å². The van der Waals surface area contributed by atoms with Crippen LogP contribution in [0, 0.1) is 0 Å². The van der Waals surface area contributed by atoms with Crippen LogP contribution in [-0.2, 0) is 4.79 Å². The summed E-state index contributed by atoms with van der Waals surface area (Å²) in [6.07, 6.45) is 1.84. The quantitative estimate of drug-likeness (QED) is 0.714. The number of carbonyl (C=O) groups excluding carboxylic acids is 1. The van der Waals surface area contributed by atoms with Crippen LogP contribution < -0.4 is 10.2 Å². The van der Waals surface area contributed by atoms with Crippen molar-refractivity contribution in [3.63, 3.8) is 0 Å². The summed E-state index contributed by atoms with van der Waals surface area (Å²) < 4.78 is 0. The topological polar surface area (TPSA) is 48.5 Å². The number of para-hydroxylation sites is 1. The third kappa shape index (κ3) is 4.08. The Hall–Kier alpha value is -2.70. The highest BCUT2D eigenvalue weighted by molar-refractivity contribution is 7.13. The summed E-state index contributed by atoms with van der Waals surface area (Å²) in [5, 5.41) is 6.21. The molecule has 1 fully saturated rings. The molecular weight excluding hydrogens is 368 g/mol. The van der Waals surface area contributed by atoms with Gasteiger partial charge in [-0.05, 0) is 18.6 Å². The molecule has 0 aliphatic carbocycles. The van der Waals surface area contributed by atoms with E-state index in [1.807, 2.05) is 61.0 Å². The van der Waals surface area contributed by atoms with Gasteiger partial charge in [0.1, 0.15) is 0 Å². The molecule has 0 unspecified atom stereocenters. The molecule has 0 bridgehead atoms. The number of thiazole rings is 1. The SMILES string of the molecule is C[C@@H](C(=O)Nc1ccccc1-c1ccccc1)N1CCN(c2nccs2)CC1. The Labute approximate surface area is 169 Å². The van der Waals surface area contributed by atoms with Gasteiger partial charge in [0.2, 0.25) is 5.91 Å². The van der Waals surface area contributed by atoms with Crippen molar-refractivity contribution in [2.45, 2.75) is 13.0 Å². The first kappa shape index (κ1) is 18.7. The molecule has 6 heteroatoms. The van der Waals surface area contributed by atoms with Crippen LogP contribution in [-0.4, -0.2) is 48.0 Å². The molecule has 4 rings (SSSR count). The summed E-state index contributed by atoms with van der Waals surface area (Å²) in [5.74, 6) is 0.0334. The van der Waals surface area contributed by atoms with Gasteiger partial charge >= 0.3 is 0 Å². The van der Waals surface area contributed by atoms with Crippen LogP contribution in [0.5, 0.6) is 0 Å². The van der Waals surface area contributed by atoms with Crippen molar-refractivity contribution in [3.8, 4) is 11.1 Å². The lowest BCUT2D eigenvalue weighted by molar-refractivity contribution is -0.120. The maximum atomic E-state index is 12.9. The van der Waals surface area contributed by atoms with Gasteiger partial charge in [-0.15, -0.1) is 11.3 Å². The summed E-state index contributed by atoms with van der Waals surface area (Å²) in [6, 6.07) is 17.9. The van der Waals surface area contributed by atoms with Crippen LogP contribution in [0.2, 0.25) is 0 Å². The second kappa shape index (κ2) is 8.54. The number of hydrogen-bond donors (Lipinski definition) is 1. The Morgan fingerprint density at radius 3 is 2.46 bits per heavy atom. The Kier molecular flexibility index (Phi) is 5.69. The Balaban J connectivity index is 1.41. The van der Waals surface area contributed by atoms with Crippen LogP contribution in [0.15, 0.2) is 66.2 Å². The Morgan fingerprint density at radius 1 is 1.04 bits per heavy atom. The van der Waals surface area contributed by atoms with Crippen LogP contribution >= 0.6 is 11.3 Å². The molecule has 1 aliphatic rings. The average Bonchev–Trinajstić information content (AvgIpc) is 3.29. The monoisotopic (exact) mass is 392 g/mol. The van der Waals surface area contributed by atoms with Crippen molar-refractivity contribution in [2.75, 3.05) is 36.4 Å². The maximum Gasteiger partial charge on any atom is 0.241 e. The molecule has 144 valence electrons. The molecule has 0 spiro atoms. The zero-order chi connectivity index (χ0) is 19.3. The first-order chi connectivity index (χ1) is 13.7. The summed E-state index contributed by atoms with van der Waals surface area (Å²) in [7, 11) is 0. The van der Waals surface area contributed by atoms with Crippen molar-refractivity contribution in [3.05, 3.63) is 66.2 Å². The lowest BCUT2D eigenvalue weighted by atomic mass is 10.0. The van der Waals surface area contributed by atoms with Crippen LogP contribution in [0.4, 0.5) is 10.8 Å². The number of piperazine rings is 1. The molecule has 28 heavy (non-hydrogen) atoms. The van der Waals surface area contributed by atoms with E-state index in [9.17, 15) is 4.79 Å². The number of nitrogens with one attached hydrogen (secondary N) is 1. The third-order valence-electron chi connectivity index (χ3n) is 5.20. The zero-order valence-corrected chi connectivity index (χ0v) is 16.7. The Bertz CT molecular complexity index is 905. The molecule has 1 N–H and O–H groups in total. The molecule has 1 amide bonds. The number of nitrogens with zero attached hydrogens (tertiary/aromatic N) is 3. The molecule has 0 radical (unpaired) electrons. The van der Waals surface area contributed by atoms with E-state index in [2.05, 4.69) is 32.2 Å². The highest BCUT2D eigenvalue weighted by Gasteiger charge is 2.26. The predicted molar refractivity (Wildman–Crippen MR) is 116 cm³/mol. The van der Waals surface area contributed by atoms with Gasteiger partial charge < -0.3 is 10.2 Å². The standard InChI is InChI=1S/C22H24N4OS/c1-17(25-12-14-26(15-13-25)22-23-11-16-28-22)21(27)24-20-10-6-5-9-19(20)18-7-3-2-4-8-18/h2-11,16-17H,12-15H2,1H3,(H,24,27)/t17-/m0/s1. The summed E-state index contributed by atoms with van der Waals surface area (Å²) >= 11 is 1.66. The first-order valence-corrected chi connectivity index (χ1v) is 10.4. The molecule has 2 aromatic carbocycles. The van der Waals surface area contributed by atoms with Gasteiger partial charge in [-0.2, -0.15) is 0 Å². The van der Waals surface area contributed by atoms with E-state index >= 15 is 0 Å². The third-order valence-corrected chi connectivity index (χ3v) is 6.03. The van der Waals surface area contributed by atoms with Crippen molar-refractivity contribution >= 4 is 28.1 Å². The van der Waals surface area contributed by atoms with Crippen LogP contribution in [0.25, 0.3) is 11.1 Å². The fourth-order valence-corrected chi connectivity index (χ4v) is 4.23. The van der Waals surface area contributed by atoms with Crippen molar-refractivity contribution in [2.24, 2.45) is 0 Å². The molecule has 2 heterocycles. The van der Waals surface area contributed by atoms with Gasteiger partial charge in [-0.3, -0.25) is 9.69 Å². The summed E-state index contributed by atoms with van der Waals surface area (Å²) in [5.41, 5.74) is 2.99. The molecule has 5 nitrogen and oxygen atoms in total. The highest BCUT2D eigenvalue weighted by Crippen LogP contribution is 2.28. The number of hydrogen-bond acceptors (Lipinski definition) is 5. The van der Waals surface area contributed by atoms with Crippen molar-refractivity contribution in [1.82, 2.24) is 9.88 Å². The maximum absolute atomic E-state index is 12.9. The lowest BCUT2D eigenvalue weighted by Gasteiger charge is -2.37. The number of amides is 1. The van der Waals surface area contributed by atoms with Gasteiger partial charge in [0.05, 0.1) is 6.04 Å². The van der Waals surface area contributed by atoms with Gasteiger partial charge in [0.25, 0.3) is 0 Å². The number of carbonyl (C=O) groups is 1. The largest absolute Gasteiger partial charge is 0.346 e. The predicted octanol–water partition coefficient (Wildman–Crippen LogP) is 3.96. The minimum atomic E-state index is -0.178. The molecule has 1 aromatic heterocycles. The average molecular weight is 393 g/mol. The highest BCUT2D eigenvalue weighted by atomic mass is 32.1. The summed E-state index contributed by atoms with van der Waals surface area (Å²) in [4.78, 5) is 21.8. The van der Waals surface area contributed by atoms with E-state index in [1.165, 1.54) is 0 Å². The normalized spacial score (nSPS) is 16.0. The van der Waals surface area contributed by atoms with E-state index in [1.54, 1.807) is 11.3 Å². The number of anilines is 2. The minimum absolute atomic E-state index is 0.0334. The van der Waals surface area contributed by atoms with Gasteiger partial charge in [0, 0.05) is 49.0 Å². The minimum Gasteiger partial charge on any atom is -0.346 e. The second-order valence-electron chi connectivity index (χ2n) is 6.91. The van der Waals surface area contributed by atoms with E-state index in [0.29, 0.717) is 0 Å². The van der Waals surface area contributed by atoms with Crippen molar-refractivity contribution < 1.29 is 4.79 Å².